The standard InChI is InChI=1S/C13H7BrClF2NO/c14-8-3-1-7(2-4-8)13(19)18-12-10(15)5-9(16)6-11(12)17/h1-6H,(H,18,19). The zero-order valence-electron chi connectivity index (χ0n) is 9.38. The van der Waals surface area contributed by atoms with Gasteiger partial charge >= 0.3 is 0 Å². The first kappa shape index (κ1) is 14.0. The van der Waals surface area contributed by atoms with Gasteiger partial charge in [-0.05, 0) is 30.3 Å². The molecule has 0 radical (unpaired) electrons. The van der Waals surface area contributed by atoms with Crippen molar-refractivity contribution in [2.24, 2.45) is 0 Å². The molecule has 0 aromatic heterocycles. The number of anilines is 1. The molecule has 0 aliphatic rings. The van der Waals surface area contributed by atoms with E-state index < -0.39 is 17.5 Å². The predicted molar refractivity (Wildman–Crippen MR) is 73.5 cm³/mol. The zero-order chi connectivity index (χ0) is 14.0. The maximum atomic E-state index is 13.5. The molecular formula is C13H7BrClF2NO. The van der Waals surface area contributed by atoms with Gasteiger partial charge in [0.2, 0.25) is 0 Å². The summed E-state index contributed by atoms with van der Waals surface area (Å²) in [5.41, 5.74) is 0.0963. The highest BCUT2D eigenvalue weighted by molar-refractivity contribution is 9.10. The van der Waals surface area contributed by atoms with E-state index in [1.54, 1.807) is 24.3 Å². The van der Waals surface area contributed by atoms with Crippen LogP contribution >= 0.6 is 27.5 Å². The Labute approximate surface area is 121 Å². The highest BCUT2D eigenvalue weighted by Gasteiger charge is 2.14. The summed E-state index contributed by atoms with van der Waals surface area (Å²) in [5.74, 6) is -2.25. The van der Waals surface area contributed by atoms with E-state index in [0.717, 1.165) is 10.5 Å². The van der Waals surface area contributed by atoms with Gasteiger partial charge in [0.15, 0.2) is 5.82 Å². The average molecular weight is 347 g/mol. The van der Waals surface area contributed by atoms with Gasteiger partial charge in [-0.3, -0.25) is 4.79 Å². The van der Waals surface area contributed by atoms with Crippen LogP contribution in [0.3, 0.4) is 0 Å². The molecule has 2 aromatic rings. The van der Waals surface area contributed by atoms with Gasteiger partial charge in [0.05, 0.1) is 10.7 Å². The Balaban J connectivity index is 2.26. The maximum Gasteiger partial charge on any atom is 0.255 e. The lowest BCUT2D eigenvalue weighted by Crippen LogP contribution is -2.13. The van der Waals surface area contributed by atoms with Crippen molar-refractivity contribution in [2.45, 2.75) is 0 Å². The van der Waals surface area contributed by atoms with Crippen molar-refractivity contribution in [1.29, 1.82) is 0 Å². The molecule has 1 N–H and O–H groups in total. The first-order chi connectivity index (χ1) is 8.97. The van der Waals surface area contributed by atoms with E-state index in [2.05, 4.69) is 21.2 Å². The molecule has 19 heavy (non-hydrogen) atoms. The van der Waals surface area contributed by atoms with Crippen molar-refractivity contribution in [3.8, 4) is 0 Å². The van der Waals surface area contributed by atoms with Crippen LogP contribution in [-0.4, -0.2) is 5.91 Å². The minimum atomic E-state index is -0.921. The van der Waals surface area contributed by atoms with E-state index in [1.807, 2.05) is 0 Å². The lowest BCUT2D eigenvalue weighted by atomic mass is 10.2. The second-order valence-electron chi connectivity index (χ2n) is 3.71. The number of carbonyl (C=O) groups excluding carboxylic acids is 1. The van der Waals surface area contributed by atoms with Gasteiger partial charge in [-0.15, -0.1) is 0 Å². The van der Waals surface area contributed by atoms with Crippen LogP contribution in [0.4, 0.5) is 14.5 Å². The molecule has 0 unspecified atom stereocenters. The molecule has 2 aromatic carbocycles. The van der Waals surface area contributed by atoms with Crippen LogP contribution in [-0.2, 0) is 0 Å². The third-order valence-corrected chi connectivity index (χ3v) is 3.18. The lowest BCUT2D eigenvalue weighted by molar-refractivity contribution is 0.102. The number of halogens is 4. The molecular weight excluding hydrogens is 340 g/mol. The number of rotatable bonds is 2. The Hall–Kier alpha value is -1.46. The molecule has 0 fully saturated rings. The van der Waals surface area contributed by atoms with E-state index in [9.17, 15) is 13.6 Å². The Morgan fingerprint density at radius 2 is 1.79 bits per heavy atom. The van der Waals surface area contributed by atoms with Crippen molar-refractivity contribution in [3.05, 3.63) is 63.1 Å². The molecule has 0 atom stereocenters. The first-order valence-corrected chi connectivity index (χ1v) is 6.36. The molecule has 0 spiro atoms. The molecule has 0 aliphatic heterocycles. The Kier molecular flexibility index (Phi) is 4.17. The van der Waals surface area contributed by atoms with Crippen molar-refractivity contribution in [3.63, 3.8) is 0 Å². The zero-order valence-corrected chi connectivity index (χ0v) is 11.7. The van der Waals surface area contributed by atoms with Gasteiger partial charge < -0.3 is 5.32 Å². The minimum Gasteiger partial charge on any atom is -0.318 e. The summed E-state index contributed by atoms with van der Waals surface area (Å²) in [7, 11) is 0. The lowest BCUT2D eigenvalue weighted by Gasteiger charge is -2.08. The van der Waals surface area contributed by atoms with Crippen molar-refractivity contribution < 1.29 is 13.6 Å². The van der Waals surface area contributed by atoms with E-state index in [-0.39, 0.29) is 10.7 Å². The highest BCUT2D eigenvalue weighted by Crippen LogP contribution is 2.27. The molecule has 6 heteroatoms. The summed E-state index contributed by atoms with van der Waals surface area (Å²) >= 11 is 8.93. The topological polar surface area (TPSA) is 29.1 Å². The average Bonchev–Trinajstić information content (AvgIpc) is 2.34. The molecule has 0 heterocycles. The highest BCUT2D eigenvalue weighted by atomic mass is 79.9. The minimum absolute atomic E-state index is 0.192. The summed E-state index contributed by atoms with van der Waals surface area (Å²) in [6, 6.07) is 8.07. The van der Waals surface area contributed by atoms with E-state index in [0.29, 0.717) is 11.6 Å². The number of hydrogen-bond acceptors (Lipinski definition) is 1. The van der Waals surface area contributed by atoms with E-state index >= 15 is 0 Å². The number of amides is 1. The fraction of sp³-hybridized carbons (Fsp3) is 0. The molecule has 0 aliphatic carbocycles. The first-order valence-electron chi connectivity index (χ1n) is 5.19. The van der Waals surface area contributed by atoms with Gasteiger partial charge in [0, 0.05) is 16.1 Å². The summed E-state index contributed by atoms with van der Waals surface area (Å²) in [6.45, 7) is 0. The van der Waals surface area contributed by atoms with Crippen molar-refractivity contribution in [2.75, 3.05) is 5.32 Å². The number of hydrogen-bond donors (Lipinski definition) is 1. The summed E-state index contributed by atoms with van der Waals surface area (Å²) in [5, 5.41) is 2.12. The number of nitrogens with one attached hydrogen (secondary N) is 1. The van der Waals surface area contributed by atoms with Gasteiger partial charge in [-0.1, -0.05) is 27.5 Å². The van der Waals surface area contributed by atoms with E-state index in [4.69, 9.17) is 11.6 Å². The van der Waals surface area contributed by atoms with Gasteiger partial charge in [-0.2, -0.15) is 0 Å². The fourth-order valence-corrected chi connectivity index (χ4v) is 1.95. The number of carbonyl (C=O) groups is 1. The second-order valence-corrected chi connectivity index (χ2v) is 5.03. The molecule has 0 bridgehead atoms. The third kappa shape index (κ3) is 3.30. The third-order valence-electron chi connectivity index (χ3n) is 2.35. The van der Waals surface area contributed by atoms with Crippen LogP contribution in [0.15, 0.2) is 40.9 Å². The summed E-state index contributed by atoms with van der Waals surface area (Å²) < 4.78 is 27.2. The molecule has 0 saturated heterocycles. The van der Waals surface area contributed by atoms with Crippen LogP contribution in [0.25, 0.3) is 0 Å². The molecule has 0 saturated carbocycles. The smallest absolute Gasteiger partial charge is 0.255 e. The molecule has 2 rings (SSSR count). The van der Waals surface area contributed by atoms with Crippen LogP contribution in [0.2, 0.25) is 5.02 Å². The quantitative estimate of drug-likeness (QED) is 0.844. The molecule has 2 nitrogen and oxygen atoms in total. The Bertz CT molecular complexity index is 608. The molecule has 98 valence electrons. The maximum absolute atomic E-state index is 13.5. The van der Waals surface area contributed by atoms with Crippen molar-refractivity contribution >= 4 is 39.1 Å². The van der Waals surface area contributed by atoms with Crippen LogP contribution in [0.1, 0.15) is 10.4 Å². The second kappa shape index (κ2) is 5.67. The van der Waals surface area contributed by atoms with Crippen LogP contribution in [0, 0.1) is 11.6 Å². The van der Waals surface area contributed by atoms with Gasteiger partial charge in [-0.25, -0.2) is 8.78 Å². The monoisotopic (exact) mass is 345 g/mol. The fourth-order valence-electron chi connectivity index (χ4n) is 1.45. The van der Waals surface area contributed by atoms with Crippen molar-refractivity contribution in [1.82, 2.24) is 0 Å². The summed E-state index contributed by atoms with van der Waals surface area (Å²) in [4.78, 5) is 11.9. The van der Waals surface area contributed by atoms with E-state index in [1.165, 1.54) is 0 Å². The largest absolute Gasteiger partial charge is 0.318 e. The van der Waals surface area contributed by atoms with Crippen LogP contribution < -0.4 is 5.32 Å². The Morgan fingerprint density at radius 3 is 2.37 bits per heavy atom. The number of benzene rings is 2. The normalized spacial score (nSPS) is 10.3. The van der Waals surface area contributed by atoms with Gasteiger partial charge in [0.25, 0.3) is 5.91 Å². The SMILES string of the molecule is O=C(Nc1c(F)cc(F)cc1Cl)c1ccc(Br)cc1. The molecule has 1 amide bonds. The predicted octanol–water partition coefficient (Wildman–Crippen LogP) is 4.63. The van der Waals surface area contributed by atoms with Gasteiger partial charge in [0.1, 0.15) is 5.82 Å². The Morgan fingerprint density at radius 1 is 1.16 bits per heavy atom. The summed E-state index contributed by atoms with van der Waals surface area (Å²) in [6.07, 6.45) is 0. The van der Waals surface area contributed by atoms with Crippen LogP contribution in [0.5, 0.6) is 0 Å².